The number of rotatable bonds is 4. The molecule has 0 aliphatic carbocycles. The molecule has 2 unspecified atom stereocenters. The number of piperidine rings is 1. The van der Waals surface area contributed by atoms with Crippen molar-refractivity contribution in [2.24, 2.45) is 5.41 Å². The Hall–Kier alpha value is -0.130. The van der Waals surface area contributed by atoms with Gasteiger partial charge in [-0.15, -0.1) is 0 Å². The van der Waals surface area contributed by atoms with E-state index in [4.69, 9.17) is 0 Å². The molecule has 0 spiro atoms. The summed E-state index contributed by atoms with van der Waals surface area (Å²) >= 11 is 0. The van der Waals surface area contributed by atoms with Crippen LogP contribution in [0.4, 0.5) is 0 Å². The standard InChI is InChI=1S/C13H28N2O2S/c1-11(14-5)12-8-6-7-9-15(12)18(16,17)10-13(2,3)4/h11-12,14H,6-10H2,1-5H3. The molecule has 1 heterocycles. The molecule has 1 fully saturated rings. The van der Waals surface area contributed by atoms with E-state index in [9.17, 15) is 8.42 Å². The molecular weight excluding hydrogens is 248 g/mol. The van der Waals surface area contributed by atoms with Crippen LogP contribution in [0.2, 0.25) is 0 Å². The second-order valence-electron chi connectivity index (χ2n) is 6.57. The van der Waals surface area contributed by atoms with Gasteiger partial charge in [-0.3, -0.25) is 0 Å². The van der Waals surface area contributed by atoms with Crippen LogP contribution in [-0.2, 0) is 10.0 Å². The van der Waals surface area contributed by atoms with Gasteiger partial charge in [-0.05, 0) is 32.2 Å². The molecule has 0 aromatic rings. The van der Waals surface area contributed by atoms with Gasteiger partial charge in [0.15, 0.2) is 0 Å². The lowest BCUT2D eigenvalue weighted by molar-refractivity contribution is 0.211. The normalized spacial score (nSPS) is 25.1. The zero-order valence-electron chi connectivity index (χ0n) is 12.4. The molecule has 1 rings (SSSR count). The molecule has 4 nitrogen and oxygen atoms in total. The zero-order chi connectivity index (χ0) is 14.0. The molecule has 1 aliphatic heterocycles. The monoisotopic (exact) mass is 276 g/mol. The lowest BCUT2D eigenvalue weighted by atomic mass is 9.99. The van der Waals surface area contributed by atoms with E-state index < -0.39 is 10.0 Å². The Kier molecular flexibility index (Phi) is 5.21. The molecule has 5 heteroatoms. The predicted molar refractivity (Wildman–Crippen MR) is 76.1 cm³/mol. The number of hydrogen-bond acceptors (Lipinski definition) is 3. The molecule has 2 atom stereocenters. The van der Waals surface area contributed by atoms with Gasteiger partial charge in [-0.25, -0.2) is 8.42 Å². The molecule has 108 valence electrons. The first-order valence-electron chi connectivity index (χ1n) is 6.84. The van der Waals surface area contributed by atoms with E-state index in [0.29, 0.717) is 6.54 Å². The third-order valence-corrected chi connectivity index (χ3v) is 5.90. The topological polar surface area (TPSA) is 49.4 Å². The van der Waals surface area contributed by atoms with Crippen LogP contribution in [0.15, 0.2) is 0 Å². The number of likely N-dealkylation sites (N-methyl/N-ethyl adjacent to an activating group) is 1. The van der Waals surface area contributed by atoms with E-state index in [1.807, 2.05) is 27.8 Å². The molecular formula is C13H28N2O2S. The van der Waals surface area contributed by atoms with Crippen molar-refractivity contribution in [3.8, 4) is 0 Å². The Labute approximate surface area is 112 Å². The Bertz CT molecular complexity index is 360. The third-order valence-electron chi connectivity index (χ3n) is 3.50. The third kappa shape index (κ3) is 4.21. The van der Waals surface area contributed by atoms with Crippen molar-refractivity contribution in [2.75, 3.05) is 19.3 Å². The van der Waals surface area contributed by atoms with E-state index in [2.05, 4.69) is 12.2 Å². The molecule has 1 saturated heterocycles. The molecule has 18 heavy (non-hydrogen) atoms. The molecule has 0 radical (unpaired) electrons. The molecule has 0 bridgehead atoms. The number of nitrogens with one attached hydrogen (secondary N) is 1. The predicted octanol–water partition coefficient (Wildman–Crippen LogP) is 1.82. The van der Waals surface area contributed by atoms with Crippen molar-refractivity contribution in [2.45, 2.75) is 59.0 Å². The minimum atomic E-state index is -3.15. The molecule has 0 amide bonds. The molecule has 0 aromatic carbocycles. The van der Waals surface area contributed by atoms with Crippen LogP contribution in [-0.4, -0.2) is 44.2 Å². The van der Waals surface area contributed by atoms with Crippen LogP contribution in [0.5, 0.6) is 0 Å². The van der Waals surface area contributed by atoms with Crippen molar-refractivity contribution in [1.82, 2.24) is 9.62 Å². The van der Waals surface area contributed by atoms with Gasteiger partial charge in [0.25, 0.3) is 0 Å². The van der Waals surface area contributed by atoms with Gasteiger partial charge in [-0.1, -0.05) is 27.2 Å². The van der Waals surface area contributed by atoms with E-state index in [-0.39, 0.29) is 23.3 Å². The van der Waals surface area contributed by atoms with Crippen molar-refractivity contribution in [3.63, 3.8) is 0 Å². The molecule has 0 saturated carbocycles. The highest BCUT2D eigenvalue weighted by molar-refractivity contribution is 7.89. The SMILES string of the molecule is CNC(C)C1CCCCN1S(=O)(=O)CC(C)(C)C. The van der Waals surface area contributed by atoms with Gasteiger partial charge in [-0.2, -0.15) is 4.31 Å². The summed E-state index contributed by atoms with van der Waals surface area (Å²) < 4.78 is 26.8. The van der Waals surface area contributed by atoms with Crippen LogP contribution in [0.25, 0.3) is 0 Å². The van der Waals surface area contributed by atoms with Gasteiger partial charge >= 0.3 is 0 Å². The van der Waals surface area contributed by atoms with Crippen molar-refractivity contribution < 1.29 is 8.42 Å². The highest BCUT2D eigenvalue weighted by atomic mass is 32.2. The Morgan fingerprint density at radius 3 is 2.44 bits per heavy atom. The second-order valence-corrected chi connectivity index (χ2v) is 8.49. The fourth-order valence-electron chi connectivity index (χ4n) is 2.60. The maximum Gasteiger partial charge on any atom is 0.214 e. The molecule has 0 aromatic heterocycles. The van der Waals surface area contributed by atoms with Crippen LogP contribution in [0.3, 0.4) is 0 Å². The zero-order valence-corrected chi connectivity index (χ0v) is 13.2. The Balaban J connectivity index is 2.89. The molecule has 1 N–H and O–H groups in total. The fraction of sp³-hybridized carbons (Fsp3) is 1.00. The summed E-state index contributed by atoms with van der Waals surface area (Å²) in [5, 5.41) is 3.19. The summed E-state index contributed by atoms with van der Waals surface area (Å²) in [4.78, 5) is 0. The summed E-state index contributed by atoms with van der Waals surface area (Å²) in [6, 6.07) is 0.316. The van der Waals surface area contributed by atoms with E-state index in [0.717, 1.165) is 19.3 Å². The van der Waals surface area contributed by atoms with Gasteiger partial charge < -0.3 is 5.32 Å². The fourth-order valence-corrected chi connectivity index (χ4v) is 4.97. The summed E-state index contributed by atoms with van der Waals surface area (Å²) in [6.45, 7) is 8.67. The first-order chi connectivity index (χ1) is 8.17. The maximum atomic E-state index is 12.5. The van der Waals surface area contributed by atoms with Crippen LogP contribution >= 0.6 is 0 Å². The largest absolute Gasteiger partial charge is 0.316 e. The minimum absolute atomic E-state index is 0.107. The highest BCUT2D eigenvalue weighted by Crippen LogP contribution is 2.26. The minimum Gasteiger partial charge on any atom is -0.316 e. The van der Waals surface area contributed by atoms with E-state index >= 15 is 0 Å². The van der Waals surface area contributed by atoms with Crippen molar-refractivity contribution in [1.29, 1.82) is 0 Å². The first-order valence-corrected chi connectivity index (χ1v) is 8.45. The van der Waals surface area contributed by atoms with Crippen LogP contribution in [0, 0.1) is 5.41 Å². The quantitative estimate of drug-likeness (QED) is 0.852. The van der Waals surface area contributed by atoms with E-state index in [1.165, 1.54) is 0 Å². The van der Waals surface area contributed by atoms with E-state index in [1.54, 1.807) is 4.31 Å². The Morgan fingerprint density at radius 2 is 1.94 bits per heavy atom. The van der Waals surface area contributed by atoms with Gasteiger partial charge in [0.2, 0.25) is 10.0 Å². The lowest BCUT2D eigenvalue weighted by Gasteiger charge is -2.39. The second kappa shape index (κ2) is 5.88. The van der Waals surface area contributed by atoms with Crippen molar-refractivity contribution >= 4 is 10.0 Å². The van der Waals surface area contributed by atoms with Gasteiger partial charge in [0.1, 0.15) is 0 Å². The van der Waals surface area contributed by atoms with Gasteiger partial charge in [0, 0.05) is 18.6 Å². The summed E-state index contributed by atoms with van der Waals surface area (Å²) in [5.74, 6) is 0.229. The number of hydrogen-bond donors (Lipinski definition) is 1. The van der Waals surface area contributed by atoms with Crippen LogP contribution < -0.4 is 5.32 Å². The average Bonchev–Trinajstić information content (AvgIpc) is 2.25. The summed E-state index contributed by atoms with van der Waals surface area (Å²) in [6.07, 6.45) is 3.07. The Morgan fingerprint density at radius 1 is 1.33 bits per heavy atom. The highest BCUT2D eigenvalue weighted by Gasteiger charge is 2.36. The summed E-state index contributed by atoms with van der Waals surface area (Å²) in [5.41, 5.74) is -0.191. The smallest absolute Gasteiger partial charge is 0.214 e. The average molecular weight is 276 g/mol. The number of nitrogens with zero attached hydrogens (tertiary/aromatic N) is 1. The summed E-state index contributed by atoms with van der Waals surface area (Å²) in [7, 11) is -1.26. The lowest BCUT2D eigenvalue weighted by Crippen LogP contribution is -2.53. The van der Waals surface area contributed by atoms with Crippen LogP contribution in [0.1, 0.15) is 47.0 Å². The first kappa shape index (κ1) is 15.9. The molecule has 1 aliphatic rings. The maximum absolute atomic E-state index is 12.5. The van der Waals surface area contributed by atoms with Crippen molar-refractivity contribution in [3.05, 3.63) is 0 Å². The van der Waals surface area contributed by atoms with Gasteiger partial charge in [0.05, 0.1) is 5.75 Å². The number of sulfonamides is 1.